The highest BCUT2D eigenvalue weighted by molar-refractivity contribution is 7.98. The Hall–Kier alpha value is -3.31. The maximum Gasteiger partial charge on any atom is 0.263 e. The normalized spacial score (nSPS) is 15.7. The second-order valence-electron chi connectivity index (χ2n) is 10.9. The van der Waals surface area contributed by atoms with E-state index in [9.17, 15) is 4.79 Å². The van der Waals surface area contributed by atoms with Crippen LogP contribution in [-0.2, 0) is 17.6 Å². The van der Waals surface area contributed by atoms with E-state index in [0.29, 0.717) is 0 Å². The number of hydrogen-bond acceptors (Lipinski definition) is 4. The highest BCUT2D eigenvalue weighted by Gasteiger charge is 2.43. The van der Waals surface area contributed by atoms with E-state index in [0.717, 1.165) is 71.3 Å². The maximum atomic E-state index is 14.7. The highest BCUT2D eigenvalue weighted by atomic mass is 32.2. The lowest BCUT2D eigenvalue weighted by Gasteiger charge is -2.42. The number of hydrogen-bond donors (Lipinski definition) is 0. The number of benzene rings is 3. The molecule has 1 spiro atoms. The van der Waals surface area contributed by atoms with Crippen molar-refractivity contribution in [2.45, 2.75) is 68.7 Å². The third-order valence-electron chi connectivity index (χ3n) is 8.36. The standard InChI is InChI=1S/C33H34N2O2S/c1-22-14-15-25(23(2)18-22)21-38-32-34-30-28-13-6-5-10-24(28)20-33(16-7-4-8-17-33)29(30)31(36)35(32)26-11-9-12-27(19-26)37-3/h5-6,9-15,18-19H,4,7-8,16-17,20-21H2,1-3H3. The molecule has 6 rings (SSSR count). The Morgan fingerprint density at radius 1 is 0.974 bits per heavy atom. The van der Waals surface area contributed by atoms with E-state index in [1.807, 2.05) is 28.8 Å². The van der Waals surface area contributed by atoms with E-state index in [-0.39, 0.29) is 11.0 Å². The van der Waals surface area contributed by atoms with Crippen LogP contribution in [0.2, 0.25) is 0 Å². The van der Waals surface area contributed by atoms with Crippen LogP contribution < -0.4 is 10.3 Å². The lowest BCUT2D eigenvalue weighted by molar-refractivity contribution is 0.283. The number of thioether (sulfide) groups is 1. The summed E-state index contributed by atoms with van der Waals surface area (Å²) in [5.74, 6) is 1.48. The molecule has 3 aromatic carbocycles. The molecule has 0 unspecified atom stereocenters. The Bertz CT molecular complexity index is 1570. The minimum absolute atomic E-state index is 0.0720. The molecule has 0 bridgehead atoms. The molecule has 1 saturated carbocycles. The van der Waals surface area contributed by atoms with Crippen LogP contribution in [-0.4, -0.2) is 16.7 Å². The van der Waals surface area contributed by atoms with Gasteiger partial charge in [0.1, 0.15) is 5.75 Å². The molecule has 4 nitrogen and oxygen atoms in total. The molecule has 0 radical (unpaired) electrons. The van der Waals surface area contributed by atoms with Crippen molar-refractivity contribution in [1.29, 1.82) is 0 Å². The first-order valence-corrected chi connectivity index (χ1v) is 14.6. The van der Waals surface area contributed by atoms with Gasteiger partial charge >= 0.3 is 0 Å². The number of methoxy groups -OCH3 is 1. The predicted octanol–water partition coefficient (Wildman–Crippen LogP) is 7.58. The summed E-state index contributed by atoms with van der Waals surface area (Å²) in [6.07, 6.45) is 6.55. The second kappa shape index (κ2) is 10.1. The number of aromatic nitrogens is 2. The topological polar surface area (TPSA) is 44.1 Å². The summed E-state index contributed by atoms with van der Waals surface area (Å²) in [5.41, 5.74) is 8.73. The van der Waals surface area contributed by atoms with Gasteiger partial charge < -0.3 is 4.74 Å². The van der Waals surface area contributed by atoms with Crippen molar-refractivity contribution in [1.82, 2.24) is 9.55 Å². The number of ether oxygens (including phenoxy) is 1. The Kier molecular flexibility index (Phi) is 6.65. The summed E-state index contributed by atoms with van der Waals surface area (Å²) in [5, 5.41) is 0.727. The number of aryl methyl sites for hydroxylation is 2. The molecule has 2 aliphatic rings. The zero-order valence-corrected chi connectivity index (χ0v) is 23.2. The third-order valence-corrected chi connectivity index (χ3v) is 9.35. The molecule has 0 atom stereocenters. The molecule has 0 N–H and O–H groups in total. The summed E-state index contributed by atoms with van der Waals surface area (Å²) in [7, 11) is 1.66. The molecule has 0 saturated heterocycles. The van der Waals surface area contributed by atoms with Gasteiger partial charge in [-0.15, -0.1) is 0 Å². The summed E-state index contributed by atoms with van der Waals surface area (Å²) in [6.45, 7) is 4.27. The molecule has 1 heterocycles. The smallest absolute Gasteiger partial charge is 0.263 e. The van der Waals surface area contributed by atoms with E-state index in [2.05, 4.69) is 56.3 Å². The van der Waals surface area contributed by atoms with Crippen LogP contribution in [0.3, 0.4) is 0 Å². The predicted molar refractivity (Wildman–Crippen MR) is 156 cm³/mol. The van der Waals surface area contributed by atoms with Crippen LogP contribution in [0.15, 0.2) is 76.7 Å². The van der Waals surface area contributed by atoms with Crippen molar-refractivity contribution in [3.05, 3.63) is 105 Å². The van der Waals surface area contributed by atoms with Crippen molar-refractivity contribution in [2.24, 2.45) is 0 Å². The molecule has 38 heavy (non-hydrogen) atoms. The summed E-state index contributed by atoms with van der Waals surface area (Å²) in [4.78, 5) is 20.1. The molecule has 1 fully saturated rings. The van der Waals surface area contributed by atoms with Gasteiger partial charge in [-0.05, 0) is 61.9 Å². The largest absolute Gasteiger partial charge is 0.497 e. The van der Waals surface area contributed by atoms with Gasteiger partial charge in [0.05, 0.1) is 24.1 Å². The van der Waals surface area contributed by atoms with Crippen molar-refractivity contribution in [3.63, 3.8) is 0 Å². The van der Waals surface area contributed by atoms with Crippen molar-refractivity contribution in [3.8, 4) is 22.7 Å². The average molecular weight is 523 g/mol. The van der Waals surface area contributed by atoms with E-state index < -0.39 is 0 Å². The lowest BCUT2D eigenvalue weighted by Crippen LogP contribution is -2.42. The van der Waals surface area contributed by atoms with Gasteiger partial charge in [-0.2, -0.15) is 0 Å². The van der Waals surface area contributed by atoms with E-state index in [1.54, 1.807) is 18.9 Å². The van der Waals surface area contributed by atoms with Crippen molar-refractivity contribution in [2.75, 3.05) is 7.11 Å². The quantitative estimate of drug-likeness (QED) is 0.200. The van der Waals surface area contributed by atoms with Gasteiger partial charge in [-0.25, -0.2) is 4.98 Å². The molecule has 2 aliphatic carbocycles. The van der Waals surface area contributed by atoms with Crippen molar-refractivity contribution >= 4 is 11.8 Å². The minimum Gasteiger partial charge on any atom is -0.497 e. The number of nitrogens with zero attached hydrogens (tertiary/aromatic N) is 2. The Balaban J connectivity index is 1.58. The first-order chi connectivity index (χ1) is 18.5. The lowest BCUT2D eigenvalue weighted by atomic mass is 9.62. The fraction of sp³-hybridized carbons (Fsp3) is 0.333. The van der Waals surface area contributed by atoms with Crippen molar-refractivity contribution < 1.29 is 4.74 Å². The van der Waals surface area contributed by atoms with Crippen LogP contribution in [0, 0.1) is 13.8 Å². The molecule has 5 heteroatoms. The van der Waals surface area contributed by atoms with Crippen LogP contribution in [0.5, 0.6) is 5.75 Å². The van der Waals surface area contributed by atoms with Crippen LogP contribution in [0.1, 0.15) is 59.9 Å². The average Bonchev–Trinajstić information content (AvgIpc) is 2.93. The first-order valence-electron chi connectivity index (χ1n) is 13.6. The van der Waals surface area contributed by atoms with Gasteiger partial charge in [-0.3, -0.25) is 9.36 Å². The van der Waals surface area contributed by atoms with Crippen LogP contribution >= 0.6 is 11.8 Å². The first kappa shape index (κ1) is 25.0. The van der Waals surface area contributed by atoms with Gasteiger partial charge in [0.15, 0.2) is 5.16 Å². The van der Waals surface area contributed by atoms with E-state index >= 15 is 0 Å². The summed E-state index contributed by atoms with van der Waals surface area (Å²) < 4.78 is 7.39. The number of fused-ring (bicyclic) bond motifs is 4. The fourth-order valence-electron chi connectivity index (χ4n) is 6.41. The molecule has 194 valence electrons. The molecule has 1 aromatic heterocycles. The molecule has 4 aromatic rings. The zero-order chi connectivity index (χ0) is 26.3. The van der Waals surface area contributed by atoms with Crippen LogP contribution in [0.25, 0.3) is 16.9 Å². The SMILES string of the molecule is COc1cccc(-n2c(SCc3ccc(C)cc3C)nc3c(c2=O)C2(CCCCC2)Cc2ccccc2-3)c1. The van der Waals surface area contributed by atoms with Gasteiger partial charge in [0, 0.05) is 22.8 Å². The third kappa shape index (κ3) is 4.37. The van der Waals surface area contributed by atoms with Crippen LogP contribution in [0.4, 0.5) is 0 Å². The Morgan fingerprint density at radius 2 is 1.79 bits per heavy atom. The summed E-state index contributed by atoms with van der Waals surface area (Å²) in [6, 6.07) is 22.9. The number of rotatable bonds is 5. The molecular weight excluding hydrogens is 488 g/mol. The summed E-state index contributed by atoms with van der Waals surface area (Å²) >= 11 is 1.64. The molecule has 0 aliphatic heterocycles. The molecule has 0 amide bonds. The Morgan fingerprint density at radius 3 is 2.58 bits per heavy atom. The maximum absolute atomic E-state index is 14.7. The minimum atomic E-state index is -0.149. The van der Waals surface area contributed by atoms with Gasteiger partial charge in [0.2, 0.25) is 0 Å². The fourth-order valence-corrected chi connectivity index (χ4v) is 7.49. The van der Waals surface area contributed by atoms with Gasteiger partial charge in [-0.1, -0.05) is 85.1 Å². The molecular formula is C33H34N2O2S. The monoisotopic (exact) mass is 522 g/mol. The zero-order valence-electron chi connectivity index (χ0n) is 22.4. The highest BCUT2D eigenvalue weighted by Crippen LogP contribution is 2.49. The Labute approximate surface area is 229 Å². The van der Waals surface area contributed by atoms with E-state index in [1.165, 1.54) is 28.7 Å². The van der Waals surface area contributed by atoms with E-state index in [4.69, 9.17) is 9.72 Å². The second-order valence-corrected chi connectivity index (χ2v) is 11.8. The van der Waals surface area contributed by atoms with Gasteiger partial charge in [0.25, 0.3) is 5.56 Å².